The zero-order valence-electron chi connectivity index (χ0n) is 20.8. The molecule has 182 valence electrons. The van der Waals surface area contributed by atoms with E-state index in [1.165, 1.54) is 5.56 Å². The van der Waals surface area contributed by atoms with Crippen LogP contribution in [0.5, 0.6) is 5.75 Å². The number of anilines is 2. The number of carbonyl (C=O) groups excluding carboxylic acids is 1. The summed E-state index contributed by atoms with van der Waals surface area (Å²) in [7, 11) is 5.62. The van der Waals surface area contributed by atoms with Gasteiger partial charge in [-0.05, 0) is 73.2 Å². The van der Waals surface area contributed by atoms with Crippen molar-refractivity contribution in [3.05, 3.63) is 96.7 Å². The molecule has 0 unspecified atom stereocenters. The number of aryl methyl sites for hydroxylation is 1. The Morgan fingerprint density at radius 2 is 1.72 bits per heavy atom. The van der Waals surface area contributed by atoms with Crippen molar-refractivity contribution in [1.82, 2.24) is 14.8 Å². The molecule has 2 heterocycles. The van der Waals surface area contributed by atoms with Gasteiger partial charge in [-0.1, -0.05) is 24.3 Å². The molecular formula is C29H29N5O2. The first-order chi connectivity index (χ1) is 17.5. The number of fused-ring (bicyclic) bond motifs is 1. The second-order valence-corrected chi connectivity index (χ2v) is 8.41. The molecule has 0 bridgehead atoms. The molecule has 0 radical (unpaired) electrons. The van der Waals surface area contributed by atoms with Crippen LogP contribution in [0.1, 0.15) is 5.56 Å². The highest BCUT2D eigenvalue weighted by Gasteiger charge is 2.14. The van der Waals surface area contributed by atoms with Crippen molar-refractivity contribution in [2.24, 2.45) is 0 Å². The van der Waals surface area contributed by atoms with E-state index in [4.69, 9.17) is 9.84 Å². The van der Waals surface area contributed by atoms with Crippen molar-refractivity contribution in [1.29, 1.82) is 0 Å². The summed E-state index contributed by atoms with van der Waals surface area (Å²) >= 11 is 0. The van der Waals surface area contributed by atoms with Gasteiger partial charge >= 0.3 is 0 Å². The molecular weight excluding hydrogens is 450 g/mol. The van der Waals surface area contributed by atoms with Gasteiger partial charge < -0.3 is 15.0 Å². The number of carbonyl (C=O) groups is 1. The van der Waals surface area contributed by atoms with Crippen LogP contribution in [-0.4, -0.2) is 42.4 Å². The Morgan fingerprint density at radius 1 is 0.944 bits per heavy atom. The lowest BCUT2D eigenvalue weighted by molar-refractivity contribution is -0.105. The molecule has 1 N–H and O–H groups in total. The van der Waals surface area contributed by atoms with E-state index in [1.807, 2.05) is 90.4 Å². The molecule has 3 aromatic carbocycles. The second kappa shape index (κ2) is 11.2. The first kappa shape index (κ1) is 24.5. The molecule has 0 aliphatic rings. The third kappa shape index (κ3) is 5.52. The summed E-state index contributed by atoms with van der Waals surface area (Å²) in [5.41, 5.74) is 6.89. The van der Waals surface area contributed by atoms with E-state index < -0.39 is 0 Å². The molecule has 0 saturated carbocycles. The number of ether oxygens (including phenoxy) is 1. The fraction of sp³-hybridized carbons (Fsp3) is 0.138. The number of pyridine rings is 1. The van der Waals surface area contributed by atoms with Crippen LogP contribution in [0.4, 0.5) is 11.4 Å². The normalized spacial score (nSPS) is 10.3. The van der Waals surface area contributed by atoms with E-state index in [0.29, 0.717) is 6.41 Å². The molecule has 0 fully saturated rings. The minimum atomic E-state index is 0.671. The molecule has 0 atom stereocenters. The predicted octanol–water partition coefficient (Wildman–Crippen LogP) is 5.73. The second-order valence-electron chi connectivity index (χ2n) is 8.41. The number of hydrogen-bond acceptors (Lipinski definition) is 5. The Morgan fingerprint density at radius 3 is 2.42 bits per heavy atom. The highest BCUT2D eigenvalue weighted by atomic mass is 16.5. The number of amides is 1. The molecule has 5 rings (SSSR count). The van der Waals surface area contributed by atoms with Crippen LogP contribution in [0.25, 0.3) is 28.0 Å². The quantitative estimate of drug-likeness (QED) is 0.315. The number of aromatic nitrogens is 3. The molecule has 7 heteroatoms. The van der Waals surface area contributed by atoms with E-state index in [2.05, 4.69) is 35.4 Å². The van der Waals surface area contributed by atoms with Crippen LogP contribution in [0.15, 0.2) is 91.1 Å². The van der Waals surface area contributed by atoms with Crippen molar-refractivity contribution in [3.63, 3.8) is 0 Å². The van der Waals surface area contributed by atoms with Crippen LogP contribution >= 0.6 is 0 Å². The highest BCUT2D eigenvalue weighted by molar-refractivity contribution is 5.92. The van der Waals surface area contributed by atoms with Crippen molar-refractivity contribution in [3.8, 4) is 22.7 Å². The van der Waals surface area contributed by atoms with E-state index in [9.17, 15) is 4.79 Å². The summed E-state index contributed by atoms with van der Waals surface area (Å²) in [6.07, 6.45) is 2.47. The summed E-state index contributed by atoms with van der Waals surface area (Å²) < 4.78 is 7.25. The predicted molar refractivity (Wildman–Crippen MR) is 146 cm³/mol. The Bertz CT molecular complexity index is 1460. The van der Waals surface area contributed by atoms with Crippen LogP contribution < -0.4 is 15.0 Å². The Labute approximate surface area is 211 Å². The third-order valence-electron chi connectivity index (χ3n) is 5.64. The minimum Gasteiger partial charge on any atom is -0.497 e. The van der Waals surface area contributed by atoms with E-state index in [0.717, 1.165) is 45.1 Å². The number of hydrogen-bond donors (Lipinski definition) is 1. The smallest absolute Gasteiger partial charge is 0.211 e. The number of nitrogens with one attached hydrogen (secondary N) is 1. The molecule has 2 aromatic heterocycles. The van der Waals surface area contributed by atoms with Gasteiger partial charge in [0.25, 0.3) is 0 Å². The van der Waals surface area contributed by atoms with Gasteiger partial charge in [0.05, 0.1) is 12.8 Å². The van der Waals surface area contributed by atoms with E-state index >= 15 is 0 Å². The Kier molecular flexibility index (Phi) is 7.60. The lowest BCUT2D eigenvalue weighted by Crippen LogP contribution is -2.08. The maximum atomic E-state index is 10.1. The molecule has 7 nitrogen and oxygen atoms in total. The van der Waals surface area contributed by atoms with Gasteiger partial charge in [-0.15, -0.1) is 0 Å². The van der Waals surface area contributed by atoms with Crippen molar-refractivity contribution in [2.75, 3.05) is 31.4 Å². The molecule has 0 saturated heterocycles. The number of rotatable bonds is 6. The number of methoxy groups -OCH3 is 1. The molecule has 0 aliphatic heterocycles. The fourth-order valence-corrected chi connectivity index (χ4v) is 3.80. The van der Waals surface area contributed by atoms with Crippen LogP contribution in [0.2, 0.25) is 0 Å². The van der Waals surface area contributed by atoms with Crippen LogP contribution in [0, 0.1) is 6.92 Å². The molecule has 36 heavy (non-hydrogen) atoms. The Hall–Kier alpha value is -4.65. The minimum absolute atomic E-state index is 0.671. The zero-order chi connectivity index (χ0) is 25.5. The average molecular weight is 480 g/mol. The van der Waals surface area contributed by atoms with Gasteiger partial charge in [0.2, 0.25) is 6.41 Å². The standard InChI is InChI=1S/C20H17N3O.C9H12N2O/c1-14-6-3-8-16(12-14)23-20-18(10-5-11-21-20)19(22-23)15-7-4-9-17(13-15)24-2;1-11(2)9-5-3-8(4-6-9)10-7-12/h3-13H,1-2H3;3-7H,1-2H3,(H,10,12). The van der Waals surface area contributed by atoms with Crippen molar-refractivity contribution < 1.29 is 9.53 Å². The van der Waals surface area contributed by atoms with Gasteiger partial charge in [0.15, 0.2) is 5.65 Å². The summed E-state index contributed by atoms with van der Waals surface area (Å²) in [6.45, 7) is 2.07. The fourth-order valence-electron chi connectivity index (χ4n) is 3.80. The van der Waals surface area contributed by atoms with Crippen LogP contribution in [-0.2, 0) is 4.79 Å². The van der Waals surface area contributed by atoms with Crippen molar-refractivity contribution >= 4 is 28.8 Å². The van der Waals surface area contributed by atoms with Crippen molar-refractivity contribution in [2.45, 2.75) is 6.92 Å². The summed E-state index contributed by atoms with van der Waals surface area (Å²) in [5, 5.41) is 8.44. The first-order valence-electron chi connectivity index (χ1n) is 11.5. The molecule has 0 aliphatic carbocycles. The SMILES string of the molecule is CN(C)c1ccc(NC=O)cc1.COc1cccc(-c2nn(-c3cccc(C)c3)c3ncccc23)c1. The third-order valence-corrected chi connectivity index (χ3v) is 5.64. The number of benzene rings is 3. The summed E-state index contributed by atoms with van der Waals surface area (Å²) in [5.74, 6) is 0.814. The first-order valence-corrected chi connectivity index (χ1v) is 11.5. The molecule has 5 aromatic rings. The van der Waals surface area contributed by atoms with Gasteiger partial charge in [0, 0.05) is 42.6 Å². The van der Waals surface area contributed by atoms with Crippen LogP contribution in [0.3, 0.4) is 0 Å². The maximum Gasteiger partial charge on any atom is 0.211 e. The van der Waals surface area contributed by atoms with Gasteiger partial charge in [0.1, 0.15) is 11.4 Å². The van der Waals surface area contributed by atoms with Gasteiger partial charge in [-0.3, -0.25) is 4.79 Å². The monoisotopic (exact) mass is 479 g/mol. The Balaban J connectivity index is 0.000000214. The van der Waals surface area contributed by atoms with Gasteiger partial charge in [-0.25, -0.2) is 9.67 Å². The molecule has 1 amide bonds. The molecule has 0 spiro atoms. The summed E-state index contributed by atoms with van der Waals surface area (Å²) in [6, 6.07) is 27.8. The topological polar surface area (TPSA) is 72.3 Å². The van der Waals surface area contributed by atoms with E-state index in [-0.39, 0.29) is 0 Å². The zero-order valence-corrected chi connectivity index (χ0v) is 20.8. The van der Waals surface area contributed by atoms with E-state index in [1.54, 1.807) is 13.3 Å². The highest BCUT2D eigenvalue weighted by Crippen LogP contribution is 2.30. The lowest BCUT2D eigenvalue weighted by atomic mass is 10.1. The summed E-state index contributed by atoms with van der Waals surface area (Å²) in [4.78, 5) is 16.6. The lowest BCUT2D eigenvalue weighted by Gasteiger charge is -2.12. The maximum absolute atomic E-state index is 10.1. The van der Waals surface area contributed by atoms with Gasteiger partial charge in [-0.2, -0.15) is 5.10 Å². The average Bonchev–Trinajstić information content (AvgIpc) is 3.29. The number of nitrogens with zero attached hydrogens (tertiary/aromatic N) is 4. The largest absolute Gasteiger partial charge is 0.497 e.